The molecule has 0 spiro atoms. The lowest BCUT2D eigenvalue weighted by molar-refractivity contribution is 0.0924. The summed E-state index contributed by atoms with van der Waals surface area (Å²) in [5, 5.41) is 3.49. The van der Waals surface area contributed by atoms with Crippen LogP contribution in [-0.2, 0) is 4.74 Å². The standard InChI is InChI=1S/C22H35N3O/c1-7-9-11-18(8-2)17-26-13-10-12-25-20-14-19(21(23-5)24-6)15-22(3,4)16-20/h14,18,25H,7-13,15-17H2,1-4H3. The van der Waals surface area contributed by atoms with Gasteiger partial charge in [0.2, 0.25) is 0 Å². The van der Waals surface area contributed by atoms with Crippen molar-refractivity contribution in [3.8, 4) is 0 Å². The molecule has 4 heteroatoms. The molecule has 1 atom stereocenters. The lowest BCUT2D eigenvalue weighted by atomic mass is 9.77. The zero-order valence-corrected chi connectivity index (χ0v) is 17.0. The van der Waals surface area contributed by atoms with Crippen LogP contribution in [0.3, 0.4) is 0 Å². The van der Waals surface area contributed by atoms with Gasteiger partial charge in [-0.15, -0.1) is 0 Å². The van der Waals surface area contributed by atoms with Crippen LogP contribution in [0.4, 0.5) is 0 Å². The summed E-state index contributed by atoms with van der Waals surface area (Å²) < 4.78 is 5.86. The van der Waals surface area contributed by atoms with Crippen LogP contribution in [0.15, 0.2) is 23.2 Å². The van der Waals surface area contributed by atoms with Gasteiger partial charge >= 0.3 is 5.82 Å². The number of unbranched alkanes of at least 4 members (excludes halogenated alkanes) is 1. The van der Waals surface area contributed by atoms with Crippen LogP contribution < -0.4 is 5.32 Å². The Morgan fingerprint density at radius 3 is 2.58 bits per heavy atom. The third-order valence-electron chi connectivity index (χ3n) is 4.90. The van der Waals surface area contributed by atoms with Gasteiger partial charge in [-0.3, -0.25) is 0 Å². The summed E-state index contributed by atoms with van der Waals surface area (Å²) in [6.45, 7) is 25.8. The Morgan fingerprint density at radius 2 is 1.96 bits per heavy atom. The molecule has 1 aliphatic rings. The Hall–Kier alpha value is -1.78. The van der Waals surface area contributed by atoms with E-state index in [9.17, 15) is 0 Å². The van der Waals surface area contributed by atoms with Gasteiger partial charge < -0.3 is 10.1 Å². The molecule has 1 unspecified atom stereocenters. The first-order chi connectivity index (χ1) is 12.5. The van der Waals surface area contributed by atoms with Crippen molar-refractivity contribution in [2.45, 2.75) is 72.6 Å². The number of hydrogen-bond acceptors (Lipinski definition) is 2. The zero-order valence-electron chi connectivity index (χ0n) is 17.0. The van der Waals surface area contributed by atoms with E-state index in [0.29, 0.717) is 5.92 Å². The molecule has 0 radical (unpaired) electrons. The Kier molecular flexibility index (Phi) is 10.1. The summed E-state index contributed by atoms with van der Waals surface area (Å²) in [7, 11) is 0. The van der Waals surface area contributed by atoms with Gasteiger partial charge in [0.1, 0.15) is 13.1 Å². The predicted molar refractivity (Wildman–Crippen MR) is 108 cm³/mol. The van der Waals surface area contributed by atoms with E-state index in [1.54, 1.807) is 0 Å². The fourth-order valence-electron chi connectivity index (χ4n) is 3.40. The minimum atomic E-state index is 0.0805. The minimum absolute atomic E-state index is 0.0805. The first-order valence-corrected chi connectivity index (χ1v) is 9.96. The summed E-state index contributed by atoms with van der Waals surface area (Å²) in [6.07, 6.45) is 9.74. The molecule has 0 aromatic heterocycles. The molecule has 1 aliphatic carbocycles. The Labute approximate surface area is 160 Å². The van der Waals surface area contributed by atoms with Crippen LogP contribution in [-0.4, -0.2) is 19.8 Å². The van der Waals surface area contributed by atoms with Crippen molar-refractivity contribution in [3.05, 3.63) is 46.0 Å². The van der Waals surface area contributed by atoms with Gasteiger partial charge in [0.05, 0.1) is 0 Å². The van der Waals surface area contributed by atoms with E-state index in [1.165, 1.54) is 25.7 Å². The van der Waals surface area contributed by atoms with Gasteiger partial charge in [0, 0.05) is 31.0 Å². The van der Waals surface area contributed by atoms with Crippen molar-refractivity contribution in [2.24, 2.45) is 11.3 Å². The van der Waals surface area contributed by atoms with Gasteiger partial charge in [-0.25, -0.2) is 0 Å². The SMILES string of the molecule is [C-]#[N+]C([N+]#[C-])=C1C=C(NCCCOCC(CC)CCCC)CC(C)(C)C1. The number of ether oxygens (including phenoxy) is 1. The predicted octanol–water partition coefficient (Wildman–Crippen LogP) is 5.95. The topological polar surface area (TPSA) is 30.0 Å². The zero-order chi connectivity index (χ0) is 19.4. The second-order valence-corrected chi connectivity index (χ2v) is 8.03. The van der Waals surface area contributed by atoms with Crippen molar-refractivity contribution in [1.82, 2.24) is 5.32 Å². The van der Waals surface area contributed by atoms with Crippen LogP contribution >= 0.6 is 0 Å². The van der Waals surface area contributed by atoms with E-state index < -0.39 is 0 Å². The van der Waals surface area contributed by atoms with E-state index in [1.807, 2.05) is 6.08 Å². The second-order valence-electron chi connectivity index (χ2n) is 8.03. The maximum atomic E-state index is 7.19. The summed E-state index contributed by atoms with van der Waals surface area (Å²) in [5.74, 6) is 0.899. The number of nitrogens with one attached hydrogen (secondary N) is 1. The number of rotatable bonds is 11. The molecule has 26 heavy (non-hydrogen) atoms. The van der Waals surface area contributed by atoms with Crippen LogP contribution in [0.5, 0.6) is 0 Å². The van der Waals surface area contributed by atoms with Crippen LogP contribution in [0.1, 0.15) is 72.6 Å². The van der Waals surface area contributed by atoms with Crippen molar-refractivity contribution in [3.63, 3.8) is 0 Å². The first kappa shape index (κ1) is 22.3. The summed E-state index contributed by atoms with van der Waals surface area (Å²) in [4.78, 5) is 6.76. The molecule has 0 aliphatic heterocycles. The number of nitrogens with zero attached hydrogens (tertiary/aromatic N) is 2. The van der Waals surface area contributed by atoms with Crippen molar-refractivity contribution in [2.75, 3.05) is 19.8 Å². The van der Waals surface area contributed by atoms with Crippen molar-refractivity contribution in [1.29, 1.82) is 0 Å². The lowest BCUT2D eigenvalue weighted by Gasteiger charge is -2.31. The maximum absolute atomic E-state index is 7.19. The van der Waals surface area contributed by atoms with Crippen molar-refractivity contribution < 1.29 is 4.74 Å². The monoisotopic (exact) mass is 357 g/mol. The Balaban J connectivity index is 2.41. The molecule has 0 amide bonds. The fourth-order valence-corrected chi connectivity index (χ4v) is 3.40. The summed E-state index contributed by atoms with van der Waals surface area (Å²) in [5.41, 5.74) is 2.08. The molecular formula is C22H35N3O. The molecule has 1 N–H and O–H groups in total. The normalized spacial score (nSPS) is 17.0. The smallest absolute Gasteiger partial charge is 0.388 e. The maximum Gasteiger partial charge on any atom is 0.522 e. The molecule has 1 rings (SSSR count). The van der Waals surface area contributed by atoms with Gasteiger partial charge in [-0.2, -0.15) is 9.69 Å². The average molecular weight is 358 g/mol. The fraction of sp³-hybridized carbons (Fsp3) is 0.727. The second kappa shape index (κ2) is 11.8. The lowest BCUT2D eigenvalue weighted by Crippen LogP contribution is -2.26. The van der Waals surface area contributed by atoms with Crippen LogP contribution in [0.25, 0.3) is 9.69 Å². The molecule has 0 bridgehead atoms. The van der Waals surface area contributed by atoms with Crippen LogP contribution in [0.2, 0.25) is 0 Å². The molecule has 0 fully saturated rings. The first-order valence-electron chi connectivity index (χ1n) is 9.96. The molecule has 4 nitrogen and oxygen atoms in total. The van der Waals surface area contributed by atoms with Gasteiger partial charge in [0.25, 0.3) is 0 Å². The van der Waals surface area contributed by atoms with Gasteiger partial charge in [0.15, 0.2) is 0 Å². The van der Waals surface area contributed by atoms with E-state index >= 15 is 0 Å². The van der Waals surface area contributed by atoms with Gasteiger partial charge in [-0.05, 0) is 43.1 Å². The summed E-state index contributed by atoms with van der Waals surface area (Å²) >= 11 is 0. The summed E-state index contributed by atoms with van der Waals surface area (Å²) in [6, 6.07) is 0. The highest BCUT2D eigenvalue weighted by Gasteiger charge is 2.29. The third-order valence-corrected chi connectivity index (χ3v) is 4.90. The quantitative estimate of drug-likeness (QED) is 0.365. The molecule has 0 aromatic carbocycles. The van der Waals surface area contributed by atoms with E-state index in [4.69, 9.17) is 17.9 Å². The minimum Gasteiger partial charge on any atom is -0.388 e. The highest BCUT2D eigenvalue weighted by atomic mass is 16.5. The van der Waals surface area contributed by atoms with Gasteiger partial charge in [-0.1, -0.05) is 47.0 Å². The molecule has 0 saturated carbocycles. The highest BCUT2D eigenvalue weighted by molar-refractivity contribution is 5.38. The molecule has 0 saturated heterocycles. The van der Waals surface area contributed by atoms with Crippen LogP contribution in [0, 0.1) is 24.5 Å². The largest absolute Gasteiger partial charge is 0.522 e. The molecule has 0 heterocycles. The third kappa shape index (κ3) is 8.07. The van der Waals surface area contributed by atoms with E-state index in [-0.39, 0.29) is 11.2 Å². The Bertz CT molecular complexity index is 559. The Morgan fingerprint density at radius 1 is 1.23 bits per heavy atom. The van der Waals surface area contributed by atoms with E-state index in [0.717, 1.165) is 50.3 Å². The van der Waals surface area contributed by atoms with Crippen molar-refractivity contribution >= 4 is 0 Å². The number of hydrogen-bond donors (Lipinski definition) is 1. The van der Waals surface area contributed by atoms with E-state index in [2.05, 4.69) is 42.7 Å². The number of allylic oxidation sites excluding steroid dienone is 3. The molecular weight excluding hydrogens is 322 g/mol. The highest BCUT2D eigenvalue weighted by Crippen LogP contribution is 2.38. The molecule has 144 valence electrons. The molecule has 0 aromatic rings. The average Bonchev–Trinajstić information content (AvgIpc) is 2.60.